The van der Waals surface area contributed by atoms with Gasteiger partial charge in [-0.2, -0.15) is 4.68 Å². The maximum atomic E-state index is 10.9. The summed E-state index contributed by atoms with van der Waals surface area (Å²) in [7, 11) is 0. The Hall–Kier alpha value is -2.55. The highest BCUT2D eigenvalue weighted by Crippen LogP contribution is 2.29. The molecule has 2 aromatic rings. The molecule has 1 aromatic carbocycles. The second-order valence-electron chi connectivity index (χ2n) is 4.18. The number of aromatic nitrogens is 2. The maximum absolute atomic E-state index is 10.9. The highest BCUT2D eigenvalue weighted by atomic mass is 16.6. The zero-order valence-electron chi connectivity index (χ0n) is 9.55. The number of benzene rings is 1. The largest absolute Gasteiger partial charge is 0.397 e. The summed E-state index contributed by atoms with van der Waals surface area (Å²) in [6, 6.07) is 3.87. The molecule has 98 valence electrons. The van der Waals surface area contributed by atoms with Crippen molar-refractivity contribution in [1.29, 1.82) is 0 Å². The van der Waals surface area contributed by atoms with E-state index in [1.165, 1.54) is 22.9 Å². The van der Waals surface area contributed by atoms with Gasteiger partial charge in [0.2, 0.25) is 0 Å². The lowest BCUT2D eigenvalue weighted by molar-refractivity contribution is -0.388. The monoisotopic (exact) mass is 264 g/mol. The number of ether oxygens (including phenoxy) is 1. The lowest BCUT2D eigenvalue weighted by atomic mass is 10.2. The van der Waals surface area contributed by atoms with Gasteiger partial charge in [-0.25, -0.2) is 0 Å². The van der Waals surface area contributed by atoms with Crippen LogP contribution in [0.2, 0.25) is 0 Å². The third-order valence-electron chi connectivity index (χ3n) is 2.88. The summed E-state index contributed by atoms with van der Waals surface area (Å²) in [5.41, 5.74) is 0.247. The summed E-state index contributed by atoms with van der Waals surface area (Å²) in [6.45, 7) is 0.926. The molecule has 0 bridgehead atoms. The van der Waals surface area contributed by atoms with Gasteiger partial charge in [0.15, 0.2) is 0 Å². The van der Waals surface area contributed by atoms with E-state index in [4.69, 9.17) is 4.74 Å². The molecule has 1 saturated heterocycles. The topological polar surface area (TPSA) is 117 Å². The van der Waals surface area contributed by atoms with Gasteiger partial charge in [0, 0.05) is 12.1 Å². The minimum atomic E-state index is -0.599. The van der Waals surface area contributed by atoms with Gasteiger partial charge in [-0.3, -0.25) is 10.1 Å². The van der Waals surface area contributed by atoms with E-state index in [0.29, 0.717) is 18.7 Å². The molecule has 0 spiro atoms. The third kappa shape index (κ3) is 1.99. The Morgan fingerprint density at radius 3 is 2.68 bits per heavy atom. The van der Waals surface area contributed by atoms with Crippen LogP contribution in [0.3, 0.4) is 0 Å². The fourth-order valence-corrected chi connectivity index (χ4v) is 1.90. The van der Waals surface area contributed by atoms with Crippen molar-refractivity contribution in [3.05, 3.63) is 38.4 Å². The fourth-order valence-electron chi connectivity index (χ4n) is 1.90. The molecule has 0 aliphatic carbocycles. The van der Waals surface area contributed by atoms with E-state index in [-0.39, 0.29) is 23.0 Å². The molecule has 2 heterocycles. The summed E-state index contributed by atoms with van der Waals surface area (Å²) in [5.74, 6) is -0.300. The van der Waals surface area contributed by atoms with Crippen LogP contribution in [0, 0.1) is 20.2 Å². The average Bonchev–Trinajstić information content (AvgIpc) is 3.10. The number of nitro groups is 2. The van der Waals surface area contributed by atoms with Crippen molar-refractivity contribution in [3.63, 3.8) is 0 Å². The lowest BCUT2D eigenvalue weighted by Gasteiger charge is -1.95. The molecule has 9 heteroatoms. The average molecular weight is 264 g/mol. The Bertz CT molecular complexity index is 691. The van der Waals surface area contributed by atoms with E-state index >= 15 is 0 Å². The van der Waals surface area contributed by atoms with Crippen LogP contribution in [0.25, 0.3) is 10.9 Å². The Morgan fingerprint density at radius 1 is 1.37 bits per heavy atom. The van der Waals surface area contributed by atoms with Gasteiger partial charge >= 0.3 is 5.82 Å². The van der Waals surface area contributed by atoms with Gasteiger partial charge in [-0.15, -0.1) is 0 Å². The standard InChI is InChI=1S/C10H8N4O5/c15-13(16)6-1-2-8-9(3-6)12(4-7-5-19-7)11-10(8)14(17)18/h1-3,7H,4-5H2. The first-order chi connectivity index (χ1) is 9.06. The highest BCUT2D eigenvalue weighted by molar-refractivity contribution is 5.88. The van der Waals surface area contributed by atoms with Crippen LogP contribution in [0.5, 0.6) is 0 Å². The fraction of sp³-hybridized carbons (Fsp3) is 0.300. The number of hydrogen-bond acceptors (Lipinski definition) is 6. The van der Waals surface area contributed by atoms with Crippen molar-refractivity contribution >= 4 is 22.4 Å². The van der Waals surface area contributed by atoms with Gasteiger partial charge < -0.3 is 14.9 Å². The first-order valence-electron chi connectivity index (χ1n) is 5.47. The van der Waals surface area contributed by atoms with Gasteiger partial charge in [-0.1, -0.05) is 0 Å². The van der Waals surface area contributed by atoms with E-state index in [0.717, 1.165) is 0 Å². The van der Waals surface area contributed by atoms with E-state index in [9.17, 15) is 20.2 Å². The van der Waals surface area contributed by atoms with Gasteiger partial charge in [0.25, 0.3) is 5.69 Å². The molecule has 1 atom stereocenters. The third-order valence-corrected chi connectivity index (χ3v) is 2.88. The molecule has 1 fully saturated rings. The number of rotatable bonds is 4. The molecule has 0 amide bonds. The minimum absolute atomic E-state index is 0.0260. The molecule has 0 saturated carbocycles. The van der Waals surface area contributed by atoms with Crippen LogP contribution in [-0.4, -0.2) is 32.3 Å². The molecule has 0 N–H and O–H groups in total. The van der Waals surface area contributed by atoms with Crippen molar-refractivity contribution < 1.29 is 14.6 Å². The first kappa shape index (κ1) is 11.5. The number of non-ortho nitro benzene ring substituents is 1. The van der Waals surface area contributed by atoms with Crippen LogP contribution in [0.4, 0.5) is 11.5 Å². The quantitative estimate of drug-likeness (QED) is 0.466. The summed E-state index contributed by atoms with van der Waals surface area (Å²) in [5, 5.41) is 25.8. The molecule has 1 aliphatic heterocycles. The summed E-state index contributed by atoms with van der Waals surface area (Å²) >= 11 is 0. The van der Waals surface area contributed by atoms with Crippen LogP contribution in [0.1, 0.15) is 0 Å². The number of nitro benzene ring substituents is 1. The van der Waals surface area contributed by atoms with Gasteiger partial charge in [-0.05, 0) is 11.0 Å². The Kier molecular flexibility index (Phi) is 2.42. The maximum Gasteiger partial charge on any atom is 0.397 e. The normalized spacial score (nSPS) is 17.6. The Labute approximate surface area is 105 Å². The number of epoxide rings is 1. The highest BCUT2D eigenvalue weighted by Gasteiger charge is 2.29. The molecule has 9 nitrogen and oxygen atoms in total. The zero-order valence-corrected chi connectivity index (χ0v) is 9.55. The van der Waals surface area contributed by atoms with E-state index in [2.05, 4.69) is 5.10 Å². The van der Waals surface area contributed by atoms with E-state index in [1.807, 2.05) is 0 Å². The Morgan fingerprint density at radius 2 is 2.11 bits per heavy atom. The summed E-state index contributed by atoms with van der Waals surface area (Å²) < 4.78 is 6.43. The molecular formula is C10H8N4O5. The van der Waals surface area contributed by atoms with Crippen molar-refractivity contribution in [2.45, 2.75) is 12.6 Å². The van der Waals surface area contributed by atoms with Gasteiger partial charge in [0.1, 0.15) is 17.0 Å². The molecule has 3 rings (SSSR count). The molecular weight excluding hydrogens is 256 g/mol. The molecule has 1 aromatic heterocycles. The van der Waals surface area contributed by atoms with Crippen molar-refractivity contribution in [1.82, 2.24) is 9.78 Å². The first-order valence-corrected chi connectivity index (χ1v) is 5.47. The summed E-state index contributed by atoms with van der Waals surface area (Å²) in [6.07, 6.45) is -0.0260. The zero-order chi connectivity index (χ0) is 13.6. The van der Waals surface area contributed by atoms with Gasteiger partial charge in [0.05, 0.1) is 23.2 Å². The molecule has 19 heavy (non-hydrogen) atoms. The smallest absolute Gasteiger partial charge is 0.371 e. The number of hydrogen-bond donors (Lipinski definition) is 0. The van der Waals surface area contributed by atoms with Crippen molar-refractivity contribution in [3.8, 4) is 0 Å². The van der Waals surface area contributed by atoms with Crippen LogP contribution in [-0.2, 0) is 11.3 Å². The SMILES string of the molecule is O=[N+]([O-])c1ccc2c([N+](=O)[O-])nn(CC3CO3)c2c1. The van der Waals surface area contributed by atoms with E-state index < -0.39 is 9.85 Å². The van der Waals surface area contributed by atoms with Crippen LogP contribution >= 0.6 is 0 Å². The molecule has 1 unspecified atom stereocenters. The number of nitrogens with zero attached hydrogens (tertiary/aromatic N) is 4. The second kappa shape index (κ2) is 3.99. The van der Waals surface area contributed by atoms with Crippen molar-refractivity contribution in [2.24, 2.45) is 0 Å². The second-order valence-corrected chi connectivity index (χ2v) is 4.18. The Balaban J connectivity index is 2.18. The minimum Gasteiger partial charge on any atom is -0.371 e. The summed E-state index contributed by atoms with van der Waals surface area (Å²) in [4.78, 5) is 20.5. The van der Waals surface area contributed by atoms with Crippen LogP contribution in [0.15, 0.2) is 18.2 Å². The van der Waals surface area contributed by atoms with E-state index in [1.54, 1.807) is 0 Å². The number of fused-ring (bicyclic) bond motifs is 1. The molecule has 0 radical (unpaired) electrons. The lowest BCUT2D eigenvalue weighted by Crippen LogP contribution is -2.06. The predicted molar refractivity (Wildman–Crippen MR) is 62.8 cm³/mol. The predicted octanol–water partition coefficient (Wildman–Crippen LogP) is 1.25. The van der Waals surface area contributed by atoms with Crippen LogP contribution < -0.4 is 0 Å². The molecule has 1 aliphatic rings. The van der Waals surface area contributed by atoms with Crippen molar-refractivity contribution in [2.75, 3.05) is 6.61 Å².